The van der Waals surface area contributed by atoms with Gasteiger partial charge in [0.1, 0.15) is 11.4 Å². The summed E-state index contributed by atoms with van der Waals surface area (Å²) in [6, 6.07) is 6.43. The number of methoxy groups -OCH3 is 1. The zero-order valence-corrected chi connectivity index (χ0v) is 14.9. The van der Waals surface area contributed by atoms with Gasteiger partial charge in [0.05, 0.1) is 19.4 Å². The van der Waals surface area contributed by atoms with Crippen molar-refractivity contribution in [2.45, 2.75) is 32.4 Å². The van der Waals surface area contributed by atoms with Crippen molar-refractivity contribution >= 4 is 16.1 Å². The monoisotopic (exact) mass is 344 g/mol. The van der Waals surface area contributed by atoms with Crippen molar-refractivity contribution in [2.75, 3.05) is 19.9 Å². The van der Waals surface area contributed by atoms with Crippen molar-refractivity contribution in [2.24, 2.45) is 0 Å². The van der Waals surface area contributed by atoms with Gasteiger partial charge < -0.3 is 14.8 Å². The zero-order valence-electron chi connectivity index (χ0n) is 14.0. The van der Waals surface area contributed by atoms with Crippen LogP contribution in [-0.4, -0.2) is 40.0 Å². The molecule has 8 heteroatoms. The van der Waals surface area contributed by atoms with Crippen molar-refractivity contribution in [3.8, 4) is 5.75 Å². The molecule has 1 aromatic rings. The van der Waals surface area contributed by atoms with E-state index >= 15 is 0 Å². The molecule has 0 heterocycles. The third-order valence-corrected chi connectivity index (χ3v) is 3.45. The van der Waals surface area contributed by atoms with Gasteiger partial charge in [-0.1, -0.05) is 18.2 Å². The lowest BCUT2D eigenvalue weighted by atomic mass is 10.1. The lowest BCUT2D eigenvalue weighted by molar-refractivity contribution is 0.0503. The van der Waals surface area contributed by atoms with E-state index in [4.69, 9.17) is 9.47 Å². The van der Waals surface area contributed by atoms with Crippen LogP contribution in [0.15, 0.2) is 24.3 Å². The SMILES string of the molecule is COc1ccccc1C(CNS(C)(=O)=O)NC(=O)OC(C)(C)C. The van der Waals surface area contributed by atoms with E-state index in [0.717, 1.165) is 6.26 Å². The average Bonchev–Trinajstić information content (AvgIpc) is 2.40. The molecule has 0 saturated heterocycles. The number of sulfonamides is 1. The van der Waals surface area contributed by atoms with E-state index in [1.54, 1.807) is 45.0 Å². The molecule has 23 heavy (non-hydrogen) atoms. The highest BCUT2D eigenvalue weighted by molar-refractivity contribution is 7.88. The minimum atomic E-state index is -3.40. The van der Waals surface area contributed by atoms with Crippen LogP contribution in [0.25, 0.3) is 0 Å². The van der Waals surface area contributed by atoms with Crippen molar-refractivity contribution in [1.82, 2.24) is 10.0 Å². The Morgan fingerprint density at radius 1 is 1.26 bits per heavy atom. The molecular formula is C15H24N2O5S. The molecule has 0 fully saturated rings. The van der Waals surface area contributed by atoms with E-state index in [0.29, 0.717) is 11.3 Å². The van der Waals surface area contributed by atoms with E-state index in [1.807, 2.05) is 0 Å². The molecule has 0 bridgehead atoms. The molecule has 0 aliphatic carbocycles. The molecule has 1 rings (SSSR count). The van der Waals surface area contributed by atoms with Crippen molar-refractivity contribution in [1.29, 1.82) is 0 Å². The lowest BCUT2D eigenvalue weighted by Crippen LogP contribution is -2.40. The standard InChI is InChI=1S/C15H24N2O5S/c1-15(2,3)22-14(18)17-12(10-16-23(5,19)20)11-8-6-7-9-13(11)21-4/h6-9,12,16H,10H2,1-5H3,(H,17,18). The molecule has 1 aromatic carbocycles. The van der Waals surface area contributed by atoms with Crippen LogP contribution in [0.4, 0.5) is 4.79 Å². The van der Waals surface area contributed by atoms with Crippen LogP contribution in [0.3, 0.4) is 0 Å². The van der Waals surface area contributed by atoms with E-state index in [2.05, 4.69) is 10.0 Å². The fourth-order valence-corrected chi connectivity index (χ4v) is 2.35. The zero-order chi connectivity index (χ0) is 17.7. The number of nitrogens with one attached hydrogen (secondary N) is 2. The maximum Gasteiger partial charge on any atom is 0.408 e. The van der Waals surface area contributed by atoms with Gasteiger partial charge in [-0.05, 0) is 26.8 Å². The largest absolute Gasteiger partial charge is 0.496 e. The number of hydrogen-bond donors (Lipinski definition) is 2. The van der Waals surface area contributed by atoms with Gasteiger partial charge in [-0.15, -0.1) is 0 Å². The number of para-hydroxylation sites is 1. The predicted molar refractivity (Wildman–Crippen MR) is 88.0 cm³/mol. The van der Waals surface area contributed by atoms with Crippen LogP contribution >= 0.6 is 0 Å². The van der Waals surface area contributed by atoms with E-state index in [1.165, 1.54) is 7.11 Å². The van der Waals surface area contributed by atoms with Crippen LogP contribution in [0.5, 0.6) is 5.75 Å². The minimum Gasteiger partial charge on any atom is -0.496 e. The lowest BCUT2D eigenvalue weighted by Gasteiger charge is -2.25. The topological polar surface area (TPSA) is 93.7 Å². The number of carbonyl (C=O) groups is 1. The Morgan fingerprint density at radius 2 is 1.87 bits per heavy atom. The summed E-state index contributed by atoms with van der Waals surface area (Å²) < 4.78 is 35.6. The second-order valence-corrected chi connectivity index (χ2v) is 7.89. The van der Waals surface area contributed by atoms with Gasteiger partial charge in [0.2, 0.25) is 10.0 Å². The van der Waals surface area contributed by atoms with Crippen molar-refractivity contribution in [3.05, 3.63) is 29.8 Å². The Balaban J connectivity index is 2.99. The molecule has 0 aromatic heterocycles. The molecule has 0 saturated carbocycles. The molecule has 7 nitrogen and oxygen atoms in total. The summed E-state index contributed by atoms with van der Waals surface area (Å²) in [6.45, 7) is 5.23. The van der Waals surface area contributed by atoms with Crippen LogP contribution in [0, 0.1) is 0 Å². The van der Waals surface area contributed by atoms with Gasteiger partial charge in [0, 0.05) is 12.1 Å². The Bertz CT molecular complexity index is 638. The summed E-state index contributed by atoms with van der Waals surface area (Å²) >= 11 is 0. The first kappa shape index (κ1) is 19.2. The third-order valence-electron chi connectivity index (χ3n) is 2.75. The summed E-state index contributed by atoms with van der Waals surface area (Å²) in [4.78, 5) is 12.0. The van der Waals surface area contributed by atoms with Gasteiger partial charge in [-0.2, -0.15) is 0 Å². The highest BCUT2D eigenvalue weighted by Crippen LogP contribution is 2.25. The Labute approximate surface area is 137 Å². The van der Waals surface area contributed by atoms with E-state index < -0.39 is 27.8 Å². The smallest absolute Gasteiger partial charge is 0.408 e. The fourth-order valence-electron chi connectivity index (χ4n) is 1.88. The molecule has 130 valence electrons. The van der Waals surface area contributed by atoms with Gasteiger partial charge in [0.25, 0.3) is 0 Å². The molecule has 1 unspecified atom stereocenters. The highest BCUT2D eigenvalue weighted by Gasteiger charge is 2.23. The number of hydrogen-bond acceptors (Lipinski definition) is 5. The molecule has 0 aliphatic rings. The maximum atomic E-state index is 12.0. The second-order valence-electron chi connectivity index (χ2n) is 6.06. The van der Waals surface area contributed by atoms with E-state index in [-0.39, 0.29) is 6.54 Å². The summed E-state index contributed by atoms with van der Waals surface area (Å²) in [5.41, 5.74) is -0.00310. The van der Waals surface area contributed by atoms with Gasteiger partial charge in [-0.3, -0.25) is 0 Å². The molecule has 2 N–H and O–H groups in total. The molecule has 0 radical (unpaired) electrons. The summed E-state index contributed by atoms with van der Waals surface area (Å²) in [5.74, 6) is 0.545. The van der Waals surface area contributed by atoms with Crippen molar-refractivity contribution in [3.63, 3.8) is 0 Å². The summed E-state index contributed by atoms with van der Waals surface area (Å²) in [5, 5.41) is 2.67. The number of benzene rings is 1. The Hall–Kier alpha value is -1.80. The first-order valence-corrected chi connectivity index (χ1v) is 8.98. The predicted octanol–water partition coefficient (Wildman–Crippen LogP) is 1.81. The highest BCUT2D eigenvalue weighted by atomic mass is 32.2. The number of alkyl carbamates (subject to hydrolysis) is 1. The van der Waals surface area contributed by atoms with Gasteiger partial charge in [0.15, 0.2) is 0 Å². The maximum absolute atomic E-state index is 12.0. The Morgan fingerprint density at radius 3 is 2.39 bits per heavy atom. The number of carbonyl (C=O) groups excluding carboxylic acids is 1. The second kappa shape index (κ2) is 7.65. The van der Waals surface area contributed by atoms with Crippen LogP contribution < -0.4 is 14.8 Å². The average molecular weight is 344 g/mol. The number of ether oxygens (including phenoxy) is 2. The van der Waals surface area contributed by atoms with Crippen LogP contribution in [0.1, 0.15) is 32.4 Å². The van der Waals surface area contributed by atoms with Crippen LogP contribution in [-0.2, 0) is 14.8 Å². The van der Waals surface area contributed by atoms with Crippen molar-refractivity contribution < 1.29 is 22.7 Å². The van der Waals surface area contributed by atoms with E-state index in [9.17, 15) is 13.2 Å². The van der Waals surface area contributed by atoms with Gasteiger partial charge in [-0.25, -0.2) is 17.9 Å². The molecule has 0 aliphatic heterocycles. The first-order chi connectivity index (χ1) is 10.5. The fraction of sp³-hybridized carbons (Fsp3) is 0.533. The summed E-state index contributed by atoms with van der Waals surface area (Å²) in [7, 11) is -1.89. The third kappa shape index (κ3) is 7.34. The van der Waals surface area contributed by atoms with Gasteiger partial charge >= 0.3 is 6.09 Å². The van der Waals surface area contributed by atoms with Crippen LogP contribution in [0.2, 0.25) is 0 Å². The molecular weight excluding hydrogens is 320 g/mol. The molecule has 0 spiro atoms. The number of amides is 1. The molecule has 1 atom stereocenters. The first-order valence-electron chi connectivity index (χ1n) is 7.09. The normalized spacial score (nSPS) is 13.3. The summed E-state index contributed by atoms with van der Waals surface area (Å²) in [6.07, 6.45) is 0.420. The molecule has 1 amide bonds. The quantitative estimate of drug-likeness (QED) is 0.821. The minimum absolute atomic E-state index is 0.0154. The Kier molecular flexibility index (Phi) is 6.40. The number of rotatable bonds is 6.